The summed E-state index contributed by atoms with van der Waals surface area (Å²) < 4.78 is 7.10. The zero-order chi connectivity index (χ0) is 20.3. The molecule has 0 aliphatic heterocycles. The van der Waals surface area contributed by atoms with Gasteiger partial charge in [0, 0.05) is 38.2 Å². The molecule has 0 unspecified atom stereocenters. The zero-order valence-corrected chi connectivity index (χ0v) is 16.5. The third kappa shape index (κ3) is 3.80. The normalized spacial score (nSPS) is 11.2. The lowest BCUT2D eigenvalue weighted by Crippen LogP contribution is -2.00. The monoisotopic (exact) mass is 399 g/mol. The molecule has 2 N–H and O–H groups in total. The molecule has 0 aliphatic carbocycles. The van der Waals surface area contributed by atoms with Crippen LogP contribution in [0.2, 0.25) is 0 Å². The lowest BCUT2D eigenvalue weighted by Gasteiger charge is -2.07. The molecule has 0 bridgehead atoms. The highest BCUT2D eigenvalue weighted by molar-refractivity contribution is 5.85. The largest absolute Gasteiger partial charge is 0.469 e. The van der Waals surface area contributed by atoms with E-state index in [1.807, 2.05) is 37.4 Å². The summed E-state index contributed by atoms with van der Waals surface area (Å²) in [5, 5.41) is 7.82. The highest BCUT2D eigenvalue weighted by Crippen LogP contribution is 2.21. The maximum atomic E-state index is 5.40. The van der Waals surface area contributed by atoms with Crippen molar-refractivity contribution in [2.45, 2.75) is 19.4 Å². The van der Waals surface area contributed by atoms with Crippen LogP contribution in [0.3, 0.4) is 0 Å². The van der Waals surface area contributed by atoms with Crippen LogP contribution < -0.4 is 5.32 Å². The van der Waals surface area contributed by atoms with Crippen molar-refractivity contribution in [3.63, 3.8) is 0 Å². The van der Waals surface area contributed by atoms with Crippen molar-refractivity contribution in [3.8, 4) is 11.4 Å². The van der Waals surface area contributed by atoms with Gasteiger partial charge in [-0.3, -0.25) is 4.68 Å². The van der Waals surface area contributed by atoms with E-state index in [1.165, 1.54) is 0 Å². The van der Waals surface area contributed by atoms with Crippen LogP contribution in [0.4, 0.5) is 5.69 Å². The summed E-state index contributed by atoms with van der Waals surface area (Å²) >= 11 is 0. The van der Waals surface area contributed by atoms with Crippen molar-refractivity contribution in [1.82, 2.24) is 29.7 Å². The van der Waals surface area contributed by atoms with E-state index in [0.29, 0.717) is 12.2 Å². The molecule has 1 aromatic carbocycles. The maximum absolute atomic E-state index is 5.40. The first-order valence-corrected chi connectivity index (χ1v) is 9.79. The first-order chi connectivity index (χ1) is 14.7. The van der Waals surface area contributed by atoms with Gasteiger partial charge in [-0.05, 0) is 23.8 Å². The van der Waals surface area contributed by atoms with E-state index in [0.717, 1.165) is 52.6 Å². The molecular formula is C22H21N7O. The average molecular weight is 399 g/mol. The van der Waals surface area contributed by atoms with Crippen LogP contribution in [-0.4, -0.2) is 29.7 Å². The number of aromatic amines is 1. The lowest BCUT2D eigenvalue weighted by molar-refractivity contribution is 0.507. The highest BCUT2D eigenvalue weighted by atomic mass is 16.3. The van der Waals surface area contributed by atoms with Gasteiger partial charge in [-0.15, -0.1) is 0 Å². The van der Waals surface area contributed by atoms with Gasteiger partial charge in [0.25, 0.3) is 0 Å². The molecule has 8 heteroatoms. The van der Waals surface area contributed by atoms with E-state index in [2.05, 4.69) is 42.5 Å². The van der Waals surface area contributed by atoms with Gasteiger partial charge >= 0.3 is 0 Å². The Bertz CT molecular complexity index is 1250. The van der Waals surface area contributed by atoms with Crippen molar-refractivity contribution in [3.05, 3.63) is 78.4 Å². The number of furan rings is 1. The fourth-order valence-electron chi connectivity index (χ4n) is 3.36. The number of benzene rings is 1. The second kappa shape index (κ2) is 7.82. The minimum atomic E-state index is 0.690. The fourth-order valence-corrected chi connectivity index (χ4v) is 3.36. The van der Waals surface area contributed by atoms with E-state index in [9.17, 15) is 0 Å². The molecule has 8 nitrogen and oxygen atoms in total. The van der Waals surface area contributed by atoms with Crippen molar-refractivity contribution < 1.29 is 4.42 Å². The van der Waals surface area contributed by atoms with E-state index in [-0.39, 0.29) is 0 Å². The second-order valence-corrected chi connectivity index (χ2v) is 7.11. The highest BCUT2D eigenvalue weighted by Gasteiger charge is 2.09. The van der Waals surface area contributed by atoms with Gasteiger partial charge in [0.05, 0.1) is 12.0 Å². The van der Waals surface area contributed by atoms with E-state index >= 15 is 0 Å². The number of imidazole rings is 1. The van der Waals surface area contributed by atoms with Crippen LogP contribution in [0.5, 0.6) is 0 Å². The molecule has 4 aromatic heterocycles. The number of nitrogens with zero attached hydrogens (tertiary/aromatic N) is 5. The third-order valence-electron chi connectivity index (χ3n) is 4.92. The van der Waals surface area contributed by atoms with Crippen molar-refractivity contribution in [2.24, 2.45) is 7.05 Å². The molecule has 5 aromatic rings. The number of pyridine rings is 1. The number of aromatic nitrogens is 6. The Hall–Kier alpha value is -3.94. The molecule has 0 saturated heterocycles. The molecule has 0 aliphatic rings. The average Bonchev–Trinajstić information content (AvgIpc) is 3.51. The molecule has 0 spiro atoms. The molecule has 5 rings (SSSR count). The Morgan fingerprint density at radius 3 is 2.73 bits per heavy atom. The molecule has 0 saturated carbocycles. The predicted octanol–water partition coefficient (Wildman–Crippen LogP) is 3.74. The zero-order valence-electron chi connectivity index (χ0n) is 16.5. The number of hydrogen-bond acceptors (Lipinski definition) is 6. The van der Waals surface area contributed by atoms with Gasteiger partial charge in [0.1, 0.15) is 23.4 Å². The number of rotatable bonds is 7. The smallest absolute Gasteiger partial charge is 0.181 e. The third-order valence-corrected chi connectivity index (χ3v) is 4.92. The van der Waals surface area contributed by atoms with Gasteiger partial charge in [-0.25, -0.2) is 15.0 Å². The summed E-state index contributed by atoms with van der Waals surface area (Å²) in [6.45, 7) is 0.690. The second-order valence-electron chi connectivity index (χ2n) is 7.11. The van der Waals surface area contributed by atoms with Crippen molar-refractivity contribution in [2.75, 3.05) is 5.32 Å². The minimum absolute atomic E-state index is 0.690. The first kappa shape index (κ1) is 18.1. The van der Waals surface area contributed by atoms with Gasteiger partial charge in [-0.1, -0.05) is 24.3 Å². The summed E-state index contributed by atoms with van der Waals surface area (Å²) in [5.41, 5.74) is 4.78. The molecule has 0 atom stereocenters. The Morgan fingerprint density at radius 1 is 1.07 bits per heavy atom. The van der Waals surface area contributed by atoms with E-state index in [1.54, 1.807) is 23.5 Å². The molecular weight excluding hydrogens is 378 g/mol. The topological polar surface area (TPSA) is 97.5 Å². The summed E-state index contributed by atoms with van der Waals surface area (Å²) in [4.78, 5) is 16.7. The molecule has 0 radical (unpaired) electrons. The Balaban J connectivity index is 1.28. The van der Waals surface area contributed by atoms with Gasteiger partial charge in [0.2, 0.25) is 0 Å². The standard InChI is InChI=1S/C22H21N7O/c1-29-14-25-21(28-29)16-6-4-15(5-7-16)13-24-18-10-11-23-22-20(18)26-19(27-22)9-8-17-3-2-12-30-17/h2-7,10-12,14H,8-9,13H2,1H3,(H2,23,24,26,27). The lowest BCUT2D eigenvalue weighted by atomic mass is 10.1. The van der Waals surface area contributed by atoms with Crippen LogP contribution in [-0.2, 0) is 26.4 Å². The Labute approximate surface area is 173 Å². The number of nitrogens with one attached hydrogen (secondary N) is 2. The predicted molar refractivity (Wildman–Crippen MR) is 114 cm³/mol. The number of anilines is 1. The summed E-state index contributed by atoms with van der Waals surface area (Å²) in [6, 6.07) is 14.1. The SMILES string of the molecule is Cn1cnc(-c2ccc(CNc3ccnc4nc(CCc5ccco5)[nH]c34)cc2)n1. The van der Waals surface area contributed by atoms with Gasteiger partial charge in [-0.2, -0.15) is 5.10 Å². The van der Waals surface area contributed by atoms with Crippen molar-refractivity contribution >= 4 is 16.9 Å². The van der Waals surface area contributed by atoms with Crippen LogP contribution in [0, 0.1) is 0 Å². The molecule has 30 heavy (non-hydrogen) atoms. The quantitative estimate of drug-likeness (QED) is 0.433. The molecule has 0 amide bonds. The van der Waals surface area contributed by atoms with Gasteiger partial charge < -0.3 is 14.7 Å². The van der Waals surface area contributed by atoms with Gasteiger partial charge in [0.15, 0.2) is 11.5 Å². The summed E-state index contributed by atoms with van der Waals surface area (Å²) in [7, 11) is 1.86. The summed E-state index contributed by atoms with van der Waals surface area (Å²) in [5.74, 6) is 2.58. The number of aryl methyl sites for hydroxylation is 3. The Kier molecular flexibility index (Phi) is 4.72. The van der Waals surface area contributed by atoms with Crippen LogP contribution >= 0.6 is 0 Å². The number of H-pyrrole nitrogens is 1. The minimum Gasteiger partial charge on any atom is -0.469 e. The Morgan fingerprint density at radius 2 is 1.97 bits per heavy atom. The number of fused-ring (bicyclic) bond motifs is 1. The first-order valence-electron chi connectivity index (χ1n) is 9.79. The van der Waals surface area contributed by atoms with Crippen molar-refractivity contribution in [1.29, 1.82) is 0 Å². The molecule has 150 valence electrons. The molecule has 4 heterocycles. The maximum Gasteiger partial charge on any atom is 0.181 e. The van der Waals surface area contributed by atoms with E-state index < -0.39 is 0 Å². The van der Waals surface area contributed by atoms with Crippen LogP contribution in [0.1, 0.15) is 17.1 Å². The van der Waals surface area contributed by atoms with Crippen LogP contribution in [0.25, 0.3) is 22.6 Å². The molecule has 0 fully saturated rings. The van der Waals surface area contributed by atoms with Crippen LogP contribution in [0.15, 0.2) is 65.7 Å². The fraction of sp³-hybridized carbons (Fsp3) is 0.182. The number of hydrogen-bond donors (Lipinski definition) is 2. The van der Waals surface area contributed by atoms with E-state index in [4.69, 9.17) is 4.42 Å². The summed E-state index contributed by atoms with van der Waals surface area (Å²) in [6.07, 6.45) is 6.74.